The Kier molecular flexibility index (Phi) is 3.31. The molecular formula is C34H20N2. The summed E-state index contributed by atoms with van der Waals surface area (Å²) in [6, 6.07) is 44.4. The Morgan fingerprint density at radius 2 is 1.03 bits per heavy atom. The van der Waals surface area contributed by atoms with E-state index in [0.717, 1.165) is 0 Å². The summed E-state index contributed by atoms with van der Waals surface area (Å²) in [4.78, 5) is 0. The number of benzene rings is 6. The van der Waals surface area contributed by atoms with Crippen LogP contribution in [0.1, 0.15) is 0 Å². The lowest BCUT2D eigenvalue weighted by molar-refractivity contribution is 1.18. The third-order valence-corrected chi connectivity index (χ3v) is 8.03. The van der Waals surface area contributed by atoms with E-state index >= 15 is 0 Å². The van der Waals surface area contributed by atoms with E-state index in [2.05, 4.69) is 130 Å². The Labute approximate surface area is 206 Å². The van der Waals surface area contributed by atoms with Crippen molar-refractivity contribution in [3.05, 3.63) is 121 Å². The average Bonchev–Trinajstić information content (AvgIpc) is 3.57. The fourth-order valence-electron chi connectivity index (χ4n) is 6.58. The molecule has 0 aliphatic heterocycles. The molecule has 0 bridgehead atoms. The summed E-state index contributed by atoms with van der Waals surface area (Å²) < 4.78 is 4.88. The van der Waals surface area contributed by atoms with Gasteiger partial charge in [0.2, 0.25) is 0 Å². The molecule has 9 rings (SSSR count). The summed E-state index contributed by atoms with van der Waals surface area (Å²) >= 11 is 0. The van der Waals surface area contributed by atoms with Gasteiger partial charge in [0.05, 0.1) is 27.6 Å². The molecule has 0 spiro atoms. The topological polar surface area (TPSA) is 9.34 Å². The van der Waals surface area contributed by atoms with Gasteiger partial charge in [0.25, 0.3) is 0 Å². The molecule has 2 nitrogen and oxygen atoms in total. The minimum absolute atomic E-state index is 1.20. The lowest BCUT2D eigenvalue weighted by Gasteiger charge is -2.09. The fourth-order valence-corrected chi connectivity index (χ4v) is 6.58. The van der Waals surface area contributed by atoms with Crippen LogP contribution in [0.5, 0.6) is 0 Å². The van der Waals surface area contributed by atoms with Crippen molar-refractivity contribution in [1.82, 2.24) is 8.97 Å². The number of fused-ring (bicyclic) bond motifs is 11. The van der Waals surface area contributed by atoms with Gasteiger partial charge in [-0.25, -0.2) is 0 Å². The molecule has 0 unspecified atom stereocenters. The second-order valence-corrected chi connectivity index (χ2v) is 9.79. The Bertz CT molecular complexity index is 2260. The highest BCUT2D eigenvalue weighted by Gasteiger charge is 2.19. The van der Waals surface area contributed by atoms with Crippen LogP contribution in [0.4, 0.5) is 0 Å². The lowest BCUT2D eigenvalue weighted by atomic mass is 10.0. The fraction of sp³-hybridized carbons (Fsp3) is 0. The van der Waals surface area contributed by atoms with E-state index < -0.39 is 0 Å². The highest BCUT2D eigenvalue weighted by Crippen LogP contribution is 2.42. The zero-order valence-electron chi connectivity index (χ0n) is 19.4. The second-order valence-electron chi connectivity index (χ2n) is 9.79. The summed E-state index contributed by atoms with van der Waals surface area (Å²) in [5, 5.41) is 10.5. The molecule has 0 saturated heterocycles. The summed E-state index contributed by atoms with van der Waals surface area (Å²) in [6.45, 7) is 0. The SMILES string of the molecule is c1ccc2c(c1)ccc1c2c2cccc3c4cc(-n5c6ccccc6c6ccccc65)ccc4n1c32. The third-order valence-electron chi connectivity index (χ3n) is 8.03. The third kappa shape index (κ3) is 2.14. The first-order chi connectivity index (χ1) is 17.9. The van der Waals surface area contributed by atoms with Crippen molar-refractivity contribution in [3.8, 4) is 5.69 Å². The molecule has 0 atom stereocenters. The van der Waals surface area contributed by atoms with Gasteiger partial charge >= 0.3 is 0 Å². The number of rotatable bonds is 1. The molecule has 9 aromatic rings. The van der Waals surface area contributed by atoms with Crippen molar-refractivity contribution in [2.45, 2.75) is 0 Å². The first-order valence-electron chi connectivity index (χ1n) is 12.5. The van der Waals surface area contributed by atoms with Crippen LogP contribution in [-0.2, 0) is 0 Å². The van der Waals surface area contributed by atoms with Crippen molar-refractivity contribution < 1.29 is 0 Å². The van der Waals surface area contributed by atoms with Crippen molar-refractivity contribution in [1.29, 1.82) is 0 Å². The number of aromatic nitrogens is 2. The maximum absolute atomic E-state index is 2.47. The highest BCUT2D eigenvalue weighted by molar-refractivity contribution is 6.28. The normalized spacial score (nSPS) is 12.4. The maximum atomic E-state index is 2.47. The molecule has 0 saturated carbocycles. The molecular weight excluding hydrogens is 436 g/mol. The van der Waals surface area contributed by atoms with Gasteiger partial charge in [0.15, 0.2) is 0 Å². The number of hydrogen-bond donors (Lipinski definition) is 0. The molecule has 3 aromatic heterocycles. The average molecular weight is 457 g/mol. The van der Waals surface area contributed by atoms with Crippen LogP contribution in [0.25, 0.3) is 76.4 Å². The smallest absolute Gasteiger partial charge is 0.0620 e. The molecule has 0 N–H and O–H groups in total. The van der Waals surface area contributed by atoms with Gasteiger partial charge in [-0.05, 0) is 47.2 Å². The molecule has 0 radical (unpaired) electrons. The summed E-state index contributed by atoms with van der Waals surface area (Å²) in [5.74, 6) is 0. The predicted molar refractivity (Wildman–Crippen MR) is 153 cm³/mol. The molecule has 6 aromatic carbocycles. The first-order valence-corrected chi connectivity index (χ1v) is 12.5. The molecule has 0 aliphatic carbocycles. The van der Waals surface area contributed by atoms with Crippen LogP contribution in [0.15, 0.2) is 121 Å². The largest absolute Gasteiger partial charge is 0.309 e. The maximum Gasteiger partial charge on any atom is 0.0620 e. The van der Waals surface area contributed by atoms with Gasteiger partial charge < -0.3 is 8.97 Å². The van der Waals surface area contributed by atoms with Crippen LogP contribution < -0.4 is 0 Å². The molecule has 0 amide bonds. The highest BCUT2D eigenvalue weighted by atomic mass is 15.0. The molecule has 0 aliphatic rings. The van der Waals surface area contributed by atoms with Crippen LogP contribution in [-0.4, -0.2) is 8.97 Å². The second kappa shape index (κ2) is 6.44. The standard InChI is InChI=1S/C34H20N2/c1-2-9-23-21(8-1)16-18-32-33(23)27-13-7-12-26-28-20-22(17-19-31(28)36(32)34(26)27)35-29-14-5-3-10-24(29)25-11-4-6-15-30(25)35/h1-20H. The van der Waals surface area contributed by atoms with Gasteiger partial charge in [-0.1, -0.05) is 84.9 Å². The van der Waals surface area contributed by atoms with Crippen molar-refractivity contribution in [3.63, 3.8) is 0 Å². The van der Waals surface area contributed by atoms with Gasteiger partial charge in [-0.3, -0.25) is 0 Å². The van der Waals surface area contributed by atoms with E-state index in [1.807, 2.05) is 0 Å². The Balaban J connectivity index is 1.44. The van der Waals surface area contributed by atoms with E-state index in [9.17, 15) is 0 Å². The Morgan fingerprint density at radius 3 is 1.83 bits per heavy atom. The van der Waals surface area contributed by atoms with Crippen LogP contribution in [0, 0.1) is 0 Å². The van der Waals surface area contributed by atoms with Crippen LogP contribution in [0.2, 0.25) is 0 Å². The summed E-state index contributed by atoms with van der Waals surface area (Å²) in [5.41, 5.74) is 7.54. The van der Waals surface area contributed by atoms with E-state index in [1.165, 1.54) is 76.4 Å². The van der Waals surface area contributed by atoms with E-state index in [1.54, 1.807) is 0 Å². The van der Waals surface area contributed by atoms with Crippen molar-refractivity contribution >= 4 is 70.7 Å². The van der Waals surface area contributed by atoms with E-state index in [-0.39, 0.29) is 0 Å². The summed E-state index contributed by atoms with van der Waals surface area (Å²) in [7, 11) is 0. The lowest BCUT2D eigenvalue weighted by Crippen LogP contribution is -1.93. The van der Waals surface area contributed by atoms with Crippen LogP contribution >= 0.6 is 0 Å². The van der Waals surface area contributed by atoms with Crippen molar-refractivity contribution in [2.75, 3.05) is 0 Å². The number of nitrogens with zero attached hydrogens (tertiary/aromatic N) is 2. The minimum atomic E-state index is 1.20. The predicted octanol–water partition coefficient (Wildman–Crippen LogP) is 9.09. The van der Waals surface area contributed by atoms with Gasteiger partial charge in [0, 0.05) is 38.0 Å². The zero-order chi connectivity index (χ0) is 23.4. The minimum Gasteiger partial charge on any atom is -0.309 e. The van der Waals surface area contributed by atoms with E-state index in [0.29, 0.717) is 0 Å². The quantitative estimate of drug-likeness (QED) is 0.233. The Hall–Kier alpha value is -4.82. The molecule has 2 heteroatoms. The van der Waals surface area contributed by atoms with E-state index in [4.69, 9.17) is 0 Å². The van der Waals surface area contributed by atoms with Crippen LogP contribution in [0.3, 0.4) is 0 Å². The number of para-hydroxylation sites is 3. The molecule has 0 fully saturated rings. The van der Waals surface area contributed by atoms with Crippen molar-refractivity contribution in [2.24, 2.45) is 0 Å². The monoisotopic (exact) mass is 456 g/mol. The first kappa shape index (κ1) is 18.5. The summed E-state index contributed by atoms with van der Waals surface area (Å²) in [6.07, 6.45) is 0. The van der Waals surface area contributed by atoms with Gasteiger partial charge in [-0.2, -0.15) is 0 Å². The van der Waals surface area contributed by atoms with Gasteiger partial charge in [-0.15, -0.1) is 0 Å². The van der Waals surface area contributed by atoms with Gasteiger partial charge in [0.1, 0.15) is 0 Å². The zero-order valence-corrected chi connectivity index (χ0v) is 19.4. The molecule has 166 valence electrons. The number of hydrogen-bond acceptors (Lipinski definition) is 0. The molecule has 36 heavy (non-hydrogen) atoms. The molecule has 3 heterocycles. The Morgan fingerprint density at radius 1 is 0.389 bits per heavy atom.